The van der Waals surface area contributed by atoms with E-state index in [1.54, 1.807) is 6.20 Å². The fourth-order valence-corrected chi connectivity index (χ4v) is 1.77. The first-order valence-corrected chi connectivity index (χ1v) is 7.17. The van der Waals surface area contributed by atoms with E-state index in [-0.39, 0.29) is 12.6 Å². The molecule has 3 N–H and O–H groups in total. The van der Waals surface area contributed by atoms with E-state index in [1.807, 2.05) is 37.3 Å². The van der Waals surface area contributed by atoms with Crippen LogP contribution in [0.5, 0.6) is 0 Å². The SMILES string of the molecule is Cc1nc(N)ncc1C#CCCNC(=O)OCc1ccccc1. The molecule has 0 fully saturated rings. The van der Waals surface area contributed by atoms with Gasteiger partial charge in [-0.2, -0.15) is 0 Å². The number of nitrogens with two attached hydrogens (primary N) is 1. The van der Waals surface area contributed by atoms with Gasteiger partial charge in [-0.05, 0) is 12.5 Å². The van der Waals surface area contributed by atoms with Gasteiger partial charge in [-0.15, -0.1) is 0 Å². The van der Waals surface area contributed by atoms with Crippen molar-refractivity contribution in [3.8, 4) is 11.8 Å². The molecule has 0 bridgehead atoms. The number of hydrogen-bond donors (Lipinski definition) is 2. The molecule has 1 heterocycles. The highest BCUT2D eigenvalue weighted by molar-refractivity contribution is 5.67. The Balaban J connectivity index is 1.69. The Morgan fingerprint density at radius 1 is 1.35 bits per heavy atom. The lowest BCUT2D eigenvalue weighted by Crippen LogP contribution is -2.24. The fourth-order valence-electron chi connectivity index (χ4n) is 1.77. The Hall–Kier alpha value is -3.07. The molecule has 6 heteroatoms. The summed E-state index contributed by atoms with van der Waals surface area (Å²) in [5.74, 6) is 6.13. The van der Waals surface area contributed by atoms with Crippen LogP contribution in [0.25, 0.3) is 0 Å². The normalized spacial score (nSPS) is 9.61. The zero-order chi connectivity index (χ0) is 16.5. The summed E-state index contributed by atoms with van der Waals surface area (Å²) < 4.78 is 5.09. The van der Waals surface area contributed by atoms with Crippen LogP contribution < -0.4 is 11.1 Å². The molecule has 1 aromatic carbocycles. The topological polar surface area (TPSA) is 90.1 Å². The van der Waals surface area contributed by atoms with E-state index in [0.717, 1.165) is 16.8 Å². The third-order valence-electron chi connectivity index (χ3n) is 2.95. The molecule has 0 saturated carbocycles. The van der Waals surface area contributed by atoms with Gasteiger partial charge < -0.3 is 15.8 Å². The number of hydrogen-bond acceptors (Lipinski definition) is 5. The minimum atomic E-state index is -0.456. The third kappa shape index (κ3) is 5.67. The summed E-state index contributed by atoms with van der Waals surface area (Å²) in [6.07, 6.45) is 1.64. The van der Waals surface area contributed by atoms with E-state index >= 15 is 0 Å². The second kappa shape index (κ2) is 8.39. The van der Waals surface area contributed by atoms with Crippen molar-refractivity contribution in [1.29, 1.82) is 0 Å². The molecule has 0 atom stereocenters. The van der Waals surface area contributed by atoms with Gasteiger partial charge in [0.25, 0.3) is 0 Å². The van der Waals surface area contributed by atoms with E-state index in [4.69, 9.17) is 10.5 Å². The van der Waals surface area contributed by atoms with Crippen LogP contribution in [0.15, 0.2) is 36.5 Å². The van der Waals surface area contributed by atoms with Crippen LogP contribution in [-0.4, -0.2) is 22.6 Å². The number of nitrogens with one attached hydrogen (secondary N) is 1. The number of carbonyl (C=O) groups is 1. The highest BCUT2D eigenvalue weighted by Gasteiger charge is 2.01. The molecule has 0 unspecified atom stereocenters. The summed E-state index contributed by atoms with van der Waals surface area (Å²) in [4.78, 5) is 19.4. The van der Waals surface area contributed by atoms with Gasteiger partial charge in [0.2, 0.25) is 5.95 Å². The molecular formula is C17H18N4O2. The second-order valence-corrected chi connectivity index (χ2v) is 4.77. The van der Waals surface area contributed by atoms with Crippen molar-refractivity contribution in [2.24, 2.45) is 0 Å². The van der Waals surface area contributed by atoms with Gasteiger partial charge in [-0.25, -0.2) is 14.8 Å². The van der Waals surface area contributed by atoms with Crippen molar-refractivity contribution >= 4 is 12.0 Å². The summed E-state index contributed by atoms with van der Waals surface area (Å²) in [7, 11) is 0. The lowest BCUT2D eigenvalue weighted by Gasteiger charge is -2.05. The lowest BCUT2D eigenvalue weighted by atomic mass is 10.2. The van der Waals surface area contributed by atoms with E-state index in [9.17, 15) is 4.79 Å². The van der Waals surface area contributed by atoms with Gasteiger partial charge in [-0.1, -0.05) is 42.2 Å². The Kier molecular flexibility index (Phi) is 5.95. The number of amides is 1. The quantitative estimate of drug-likeness (QED) is 0.666. The molecule has 0 radical (unpaired) electrons. The van der Waals surface area contributed by atoms with E-state index < -0.39 is 6.09 Å². The molecule has 2 rings (SSSR count). The molecule has 118 valence electrons. The Morgan fingerprint density at radius 2 is 2.13 bits per heavy atom. The lowest BCUT2D eigenvalue weighted by molar-refractivity contribution is 0.140. The molecule has 0 aliphatic rings. The summed E-state index contributed by atoms with van der Waals surface area (Å²) in [5.41, 5.74) is 7.89. The summed E-state index contributed by atoms with van der Waals surface area (Å²) in [5, 5.41) is 2.65. The van der Waals surface area contributed by atoms with E-state index in [1.165, 1.54) is 0 Å². The van der Waals surface area contributed by atoms with Crippen molar-refractivity contribution in [2.75, 3.05) is 12.3 Å². The Bertz CT molecular complexity index is 720. The van der Waals surface area contributed by atoms with Gasteiger partial charge >= 0.3 is 6.09 Å². The number of alkyl carbamates (subject to hydrolysis) is 1. The number of carbonyl (C=O) groups excluding carboxylic acids is 1. The summed E-state index contributed by atoms with van der Waals surface area (Å²) in [6, 6.07) is 9.51. The molecule has 0 aliphatic carbocycles. The Labute approximate surface area is 135 Å². The number of benzene rings is 1. The summed E-state index contributed by atoms with van der Waals surface area (Å²) >= 11 is 0. The van der Waals surface area contributed by atoms with Crippen molar-refractivity contribution < 1.29 is 9.53 Å². The van der Waals surface area contributed by atoms with E-state index in [0.29, 0.717) is 13.0 Å². The predicted molar refractivity (Wildman–Crippen MR) is 87.3 cm³/mol. The fraction of sp³-hybridized carbons (Fsp3) is 0.235. The van der Waals surface area contributed by atoms with Crippen LogP contribution >= 0.6 is 0 Å². The molecule has 23 heavy (non-hydrogen) atoms. The van der Waals surface area contributed by atoms with Crippen molar-refractivity contribution in [3.05, 3.63) is 53.3 Å². The number of aromatic nitrogens is 2. The van der Waals surface area contributed by atoms with Crippen LogP contribution in [-0.2, 0) is 11.3 Å². The standard InChI is InChI=1S/C17H18N4O2/c1-13-15(11-20-16(18)21-13)9-5-6-10-19-17(22)23-12-14-7-3-2-4-8-14/h2-4,7-8,11H,6,10,12H2,1H3,(H,19,22)(H2,18,20,21). The number of rotatable bonds is 4. The third-order valence-corrected chi connectivity index (χ3v) is 2.95. The minimum absolute atomic E-state index is 0.232. The number of nitrogens with zero attached hydrogens (tertiary/aromatic N) is 2. The maximum Gasteiger partial charge on any atom is 0.407 e. The Morgan fingerprint density at radius 3 is 2.87 bits per heavy atom. The highest BCUT2D eigenvalue weighted by Crippen LogP contribution is 2.03. The summed E-state index contributed by atoms with van der Waals surface area (Å²) in [6.45, 7) is 2.48. The zero-order valence-corrected chi connectivity index (χ0v) is 12.9. The monoisotopic (exact) mass is 310 g/mol. The van der Waals surface area contributed by atoms with Gasteiger partial charge in [0.1, 0.15) is 6.61 Å². The van der Waals surface area contributed by atoms with Crippen molar-refractivity contribution in [1.82, 2.24) is 15.3 Å². The molecule has 1 aromatic heterocycles. The first-order chi connectivity index (χ1) is 11.1. The van der Waals surface area contributed by atoms with Crippen molar-refractivity contribution in [2.45, 2.75) is 20.0 Å². The molecule has 0 spiro atoms. The van der Waals surface area contributed by atoms with Crippen LogP contribution in [0.1, 0.15) is 23.2 Å². The molecule has 6 nitrogen and oxygen atoms in total. The molecule has 1 amide bonds. The van der Waals surface area contributed by atoms with Gasteiger partial charge in [0.05, 0.1) is 11.3 Å². The first-order valence-electron chi connectivity index (χ1n) is 7.17. The van der Waals surface area contributed by atoms with Gasteiger partial charge in [0.15, 0.2) is 0 Å². The largest absolute Gasteiger partial charge is 0.445 e. The molecule has 0 aliphatic heterocycles. The maximum absolute atomic E-state index is 11.5. The molecule has 0 saturated heterocycles. The molecule has 2 aromatic rings. The average Bonchev–Trinajstić information content (AvgIpc) is 2.55. The predicted octanol–water partition coefficient (Wildman–Crippen LogP) is 2.04. The maximum atomic E-state index is 11.5. The van der Waals surface area contributed by atoms with Gasteiger partial charge in [0, 0.05) is 19.2 Å². The number of aryl methyl sites for hydroxylation is 1. The van der Waals surface area contributed by atoms with Gasteiger partial charge in [-0.3, -0.25) is 0 Å². The van der Waals surface area contributed by atoms with Crippen LogP contribution in [0.3, 0.4) is 0 Å². The smallest absolute Gasteiger partial charge is 0.407 e. The average molecular weight is 310 g/mol. The van der Waals surface area contributed by atoms with E-state index in [2.05, 4.69) is 27.1 Å². The van der Waals surface area contributed by atoms with Crippen LogP contribution in [0, 0.1) is 18.8 Å². The minimum Gasteiger partial charge on any atom is -0.445 e. The number of anilines is 1. The van der Waals surface area contributed by atoms with Crippen LogP contribution in [0.2, 0.25) is 0 Å². The number of nitrogen functional groups attached to an aromatic ring is 1. The highest BCUT2D eigenvalue weighted by atomic mass is 16.5. The van der Waals surface area contributed by atoms with Crippen LogP contribution in [0.4, 0.5) is 10.7 Å². The number of ether oxygens (including phenoxy) is 1. The zero-order valence-electron chi connectivity index (χ0n) is 12.9. The molecular weight excluding hydrogens is 292 g/mol. The van der Waals surface area contributed by atoms with Crippen molar-refractivity contribution in [3.63, 3.8) is 0 Å². The first kappa shape index (κ1) is 16.3. The second-order valence-electron chi connectivity index (χ2n) is 4.77.